The lowest BCUT2D eigenvalue weighted by molar-refractivity contribution is 0.415. The van der Waals surface area contributed by atoms with Crippen molar-refractivity contribution >= 4 is 30.4 Å². The van der Waals surface area contributed by atoms with Gasteiger partial charge in [-0.05, 0) is 33.8 Å². The van der Waals surface area contributed by atoms with Gasteiger partial charge in [0.15, 0.2) is 12.4 Å². The summed E-state index contributed by atoms with van der Waals surface area (Å²) < 4.78 is 55.0. The minimum Gasteiger partial charge on any atom is -0.502 e. The van der Waals surface area contributed by atoms with Crippen molar-refractivity contribution < 1.29 is 36.1 Å². The number of nitrogens with two attached hydrogens (primary N) is 1. The van der Waals surface area contributed by atoms with Crippen LogP contribution in [-0.2, 0) is 19.2 Å². The van der Waals surface area contributed by atoms with E-state index in [4.69, 9.17) is 15.2 Å². The quantitative estimate of drug-likeness (QED) is 0.222. The predicted molar refractivity (Wildman–Crippen MR) is 167 cm³/mol. The first-order valence-electron chi connectivity index (χ1n) is 11.4. The van der Waals surface area contributed by atoms with Crippen molar-refractivity contribution in [1.29, 1.82) is 0 Å². The van der Waals surface area contributed by atoms with Gasteiger partial charge in [-0.2, -0.15) is 13.5 Å². The molecule has 0 amide bonds. The standard InChI is InChI=1S/C5H4O3.C4H5NO.C3H5N3.C3H9OP.C2H8NOP.2C2H6.CH4O3S.CH4/c6-4-1-2-8-3-5(4)7;1-4-2-3-6-5-4;1-3-4-2-5-6-3;2*1-5(2,3)4;2*1-2;1-5(2,3)4;/h1-3,7H;2-3H,1H3;2H2,1H3;1-3H3;1-2H3,(H2,3,4);2*1-2H3;1H3,(H,2,3,4);1H4. The van der Waals surface area contributed by atoms with E-state index in [9.17, 15) is 22.3 Å². The molecular weight excluding hydrogens is 584 g/mol. The molecule has 0 unspecified atom stereocenters. The first-order chi connectivity index (χ1) is 17.6. The Morgan fingerprint density at radius 3 is 1.50 bits per heavy atom. The molecule has 3 rings (SSSR count). The number of aromatic hydroxyl groups is 1. The van der Waals surface area contributed by atoms with Gasteiger partial charge in [0.2, 0.25) is 5.43 Å². The van der Waals surface area contributed by atoms with Gasteiger partial charge in [0, 0.05) is 25.5 Å². The van der Waals surface area contributed by atoms with E-state index in [1.54, 1.807) is 32.3 Å². The van der Waals surface area contributed by atoms with E-state index >= 15 is 0 Å². The molecule has 2 aromatic rings. The van der Waals surface area contributed by atoms with Gasteiger partial charge in [0.25, 0.3) is 10.1 Å². The Balaban J connectivity index is -0.0000000849. The minimum atomic E-state index is -3.67. The second kappa shape index (κ2) is 29.5. The lowest BCUT2D eigenvalue weighted by Gasteiger charge is -1.87. The lowest BCUT2D eigenvalue weighted by atomic mass is 10.5. The van der Waals surface area contributed by atoms with Crippen LogP contribution < -0.4 is 10.9 Å². The molecule has 0 saturated heterocycles. The van der Waals surface area contributed by atoms with Crippen LogP contribution in [0, 0.1) is 6.92 Å². The van der Waals surface area contributed by atoms with Gasteiger partial charge < -0.3 is 23.2 Å². The smallest absolute Gasteiger partial charge is 0.261 e. The number of aryl methyl sites for hydroxylation is 1. The van der Waals surface area contributed by atoms with Gasteiger partial charge in [-0.15, -0.1) is 5.11 Å². The molecule has 1 aliphatic heterocycles. The zero-order valence-corrected chi connectivity index (χ0v) is 27.6. The van der Waals surface area contributed by atoms with Crippen LogP contribution in [-0.4, -0.2) is 75.3 Å². The van der Waals surface area contributed by atoms with E-state index in [1.807, 2.05) is 41.5 Å². The van der Waals surface area contributed by atoms with Crippen molar-refractivity contribution in [2.75, 3.05) is 46.2 Å². The third kappa shape index (κ3) is 83.5. The minimum absolute atomic E-state index is 0. The summed E-state index contributed by atoms with van der Waals surface area (Å²) in [7, 11) is -7.44. The van der Waals surface area contributed by atoms with E-state index in [0.29, 0.717) is 12.9 Å². The molecule has 0 atom stereocenters. The van der Waals surface area contributed by atoms with Crippen molar-refractivity contribution in [3.63, 3.8) is 0 Å². The number of amidine groups is 1. The molecule has 0 aliphatic carbocycles. The molecule has 14 nitrogen and oxygen atoms in total. The lowest BCUT2D eigenvalue weighted by Crippen LogP contribution is -1.93. The summed E-state index contributed by atoms with van der Waals surface area (Å²) in [6, 6.07) is 2.95. The van der Waals surface area contributed by atoms with E-state index in [-0.39, 0.29) is 13.2 Å². The van der Waals surface area contributed by atoms with Crippen LogP contribution in [0.4, 0.5) is 0 Å². The molecule has 17 heteroatoms. The van der Waals surface area contributed by atoms with Gasteiger partial charge >= 0.3 is 0 Å². The van der Waals surface area contributed by atoms with Crippen LogP contribution in [0.2, 0.25) is 0 Å². The van der Waals surface area contributed by atoms with Gasteiger partial charge in [-0.1, -0.05) is 40.3 Å². The number of hydrogen-bond donors (Lipinski definition) is 3. The Hall–Kier alpha value is -2.44. The van der Waals surface area contributed by atoms with Crippen LogP contribution in [0.15, 0.2) is 59.9 Å². The summed E-state index contributed by atoms with van der Waals surface area (Å²) in [6.07, 6.45) is 4.46. The van der Waals surface area contributed by atoms with Crippen LogP contribution in [0.5, 0.6) is 5.75 Å². The molecule has 1 aliphatic rings. The van der Waals surface area contributed by atoms with E-state index in [1.165, 1.54) is 19.6 Å². The number of aliphatic imine (C=N–C) groups is 1. The van der Waals surface area contributed by atoms with Crippen LogP contribution in [0.25, 0.3) is 0 Å². The number of azo groups is 1. The maximum absolute atomic E-state index is 10.3. The fourth-order valence-electron chi connectivity index (χ4n) is 0.921. The van der Waals surface area contributed by atoms with Gasteiger partial charge in [-0.3, -0.25) is 14.9 Å². The normalized spacial score (nSPS) is 10.6. The second-order valence-electron chi connectivity index (χ2n) is 7.59. The van der Waals surface area contributed by atoms with Crippen LogP contribution in [0.3, 0.4) is 0 Å². The fourth-order valence-corrected chi connectivity index (χ4v) is 0.921. The number of nitrogens with zero attached hydrogens (tertiary/aromatic N) is 4. The van der Waals surface area contributed by atoms with E-state index in [2.05, 4.69) is 29.3 Å². The Labute approximate surface area is 240 Å². The van der Waals surface area contributed by atoms with Gasteiger partial charge in [0.1, 0.15) is 25.7 Å². The first kappa shape index (κ1) is 50.4. The highest BCUT2D eigenvalue weighted by Gasteiger charge is 1.90. The second-order valence-corrected chi connectivity index (χ2v) is 15.7. The molecule has 238 valence electrons. The summed E-state index contributed by atoms with van der Waals surface area (Å²) in [5.74, 6) is 0.433. The summed E-state index contributed by atoms with van der Waals surface area (Å²) in [5.41, 5.74) is 5.42. The molecule has 4 N–H and O–H groups in total. The summed E-state index contributed by atoms with van der Waals surface area (Å²) in [5, 5.41) is 19.3. The van der Waals surface area contributed by atoms with Gasteiger partial charge in [-0.25, -0.2) is 4.99 Å². The molecule has 40 heavy (non-hydrogen) atoms. The molecule has 0 bridgehead atoms. The number of aromatic nitrogens is 1. The van der Waals surface area contributed by atoms with Crippen molar-refractivity contribution in [3.05, 3.63) is 46.8 Å². The molecule has 0 spiro atoms. The molecular formula is C23H51N5O9P2S. The third-order valence-corrected chi connectivity index (χ3v) is 1.88. The van der Waals surface area contributed by atoms with Crippen molar-refractivity contribution in [3.8, 4) is 5.75 Å². The average Bonchev–Trinajstić information content (AvgIpc) is 3.44. The van der Waals surface area contributed by atoms with Crippen molar-refractivity contribution in [2.45, 2.75) is 49.0 Å². The molecule has 2 aromatic heterocycles. The molecule has 0 radical (unpaired) electrons. The Bertz CT molecular complexity index is 1090. The molecule has 0 fully saturated rings. The van der Waals surface area contributed by atoms with E-state index < -0.39 is 30.0 Å². The Kier molecular flexibility index (Phi) is 37.2. The molecule has 3 heterocycles. The Morgan fingerprint density at radius 2 is 1.38 bits per heavy atom. The highest BCUT2D eigenvalue weighted by Crippen LogP contribution is 2.28. The van der Waals surface area contributed by atoms with E-state index in [0.717, 1.165) is 23.9 Å². The topological polar surface area (TPSA) is 228 Å². The average molecular weight is 636 g/mol. The van der Waals surface area contributed by atoms with Crippen LogP contribution >= 0.6 is 14.4 Å². The SMILES string of the molecule is C.CC.CC.CC1=NCN=N1.CP(C)(C)=O.CP(C)(N)=O.CS(=O)(=O)O.Cc1ccon1.O=c1ccocc1O. The third-order valence-electron chi connectivity index (χ3n) is 1.88. The first-order valence-corrected chi connectivity index (χ1v) is 19.0. The highest BCUT2D eigenvalue weighted by atomic mass is 32.2. The zero-order chi connectivity index (χ0) is 32.3. The van der Waals surface area contributed by atoms with Crippen LogP contribution in [0.1, 0.15) is 47.7 Å². The summed E-state index contributed by atoms with van der Waals surface area (Å²) in [6.45, 7) is 20.5. The summed E-state index contributed by atoms with van der Waals surface area (Å²) >= 11 is 0. The largest absolute Gasteiger partial charge is 0.502 e. The molecule has 0 saturated carbocycles. The number of rotatable bonds is 0. The van der Waals surface area contributed by atoms with Crippen molar-refractivity contribution in [1.82, 2.24) is 5.16 Å². The molecule has 0 aromatic carbocycles. The fraction of sp³-hybridized carbons (Fsp3) is 0.609. The maximum Gasteiger partial charge on any atom is 0.261 e. The number of hydrogen-bond acceptors (Lipinski definition) is 12. The zero-order valence-electron chi connectivity index (χ0n) is 25.0. The van der Waals surface area contributed by atoms with Gasteiger partial charge in [0.05, 0.1) is 25.4 Å². The summed E-state index contributed by atoms with van der Waals surface area (Å²) in [4.78, 5) is 14.1. The maximum atomic E-state index is 10.3. The highest BCUT2D eigenvalue weighted by molar-refractivity contribution is 7.85. The monoisotopic (exact) mass is 635 g/mol. The van der Waals surface area contributed by atoms with Crippen molar-refractivity contribution in [2.24, 2.45) is 20.7 Å². The Morgan fingerprint density at radius 1 is 0.975 bits per heavy atom. The predicted octanol–water partition coefficient (Wildman–Crippen LogP) is 6.07.